The maximum atomic E-state index is 5.74. The van der Waals surface area contributed by atoms with E-state index in [1.54, 1.807) is 10.4 Å². The van der Waals surface area contributed by atoms with Crippen molar-refractivity contribution in [1.82, 2.24) is 0 Å². The van der Waals surface area contributed by atoms with Crippen molar-refractivity contribution < 1.29 is 4.74 Å². The lowest BCUT2D eigenvalue weighted by Crippen LogP contribution is -2.48. The normalized spacial score (nSPS) is 19.5. The largest absolute Gasteiger partial charge is 0.381 e. The second-order valence-corrected chi connectivity index (χ2v) is 8.51. The summed E-state index contributed by atoms with van der Waals surface area (Å²) in [7, 11) is -1.16. The minimum atomic E-state index is -1.16. The molecule has 1 aliphatic heterocycles. The Balaban J connectivity index is 1.96. The van der Waals surface area contributed by atoms with Crippen molar-refractivity contribution in [2.24, 2.45) is 0 Å². The highest BCUT2D eigenvalue weighted by Gasteiger charge is 2.28. The molecule has 0 N–H and O–H groups in total. The van der Waals surface area contributed by atoms with Crippen molar-refractivity contribution in [2.75, 3.05) is 13.2 Å². The summed E-state index contributed by atoms with van der Waals surface area (Å²) in [5.74, 6) is 0. The van der Waals surface area contributed by atoms with Gasteiger partial charge in [0.2, 0.25) is 0 Å². The van der Waals surface area contributed by atoms with Crippen molar-refractivity contribution in [3.63, 3.8) is 0 Å². The van der Waals surface area contributed by atoms with Gasteiger partial charge in [-0.15, -0.1) is 0 Å². The van der Waals surface area contributed by atoms with Gasteiger partial charge in [0.05, 0.1) is 0 Å². The van der Waals surface area contributed by atoms with Crippen molar-refractivity contribution >= 4 is 19.2 Å². The highest BCUT2D eigenvalue weighted by atomic mass is 28.3. The van der Waals surface area contributed by atoms with Crippen LogP contribution in [0.1, 0.15) is 12.8 Å². The Bertz CT molecular complexity index is 452. The Kier molecular flexibility index (Phi) is 4.11. The van der Waals surface area contributed by atoms with E-state index in [0.717, 1.165) is 18.8 Å². The maximum absolute atomic E-state index is 5.74. The number of hydrogen-bond acceptors (Lipinski definition) is 1. The zero-order valence-corrected chi connectivity index (χ0v) is 12.3. The van der Waals surface area contributed by atoms with Gasteiger partial charge in [0.25, 0.3) is 0 Å². The number of rotatable bonds is 3. The van der Waals surface area contributed by atoms with Crippen LogP contribution in [0.2, 0.25) is 5.54 Å². The molecular weight excluding hydrogens is 248 g/mol. The van der Waals surface area contributed by atoms with E-state index in [9.17, 15) is 0 Å². The Morgan fingerprint density at radius 3 is 1.89 bits per heavy atom. The standard InChI is InChI=1S/C17H20OSi/c1-3-8-15(9-4-1)19(16-10-5-2-6-11-16)17-12-7-13-18-14-17/h1-6,8-11,17,19H,7,12-14H2. The second kappa shape index (κ2) is 6.18. The van der Waals surface area contributed by atoms with E-state index >= 15 is 0 Å². The van der Waals surface area contributed by atoms with Crippen molar-refractivity contribution in [3.05, 3.63) is 60.7 Å². The zero-order valence-electron chi connectivity index (χ0n) is 11.2. The average molecular weight is 268 g/mol. The van der Waals surface area contributed by atoms with Gasteiger partial charge in [0.15, 0.2) is 0 Å². The molecule has 2 aromatic carbocycles. The van der Waals surface area contributed by atoms with Crippen LogP contribution in [0.4, 0.5) is 0 Å². The van der Waals surface area contributed by atoms with Gasteiger partial charge in [0, 0.05) is 13.2 Å². The third-order valence-corrected chi connectivity index (χ3v) is 7.66. The fraction of sp³-hybridized carbons (Fsp3) is 0.294. The molecule has 0 spiro atoms. The molecule has 1 heterocycles. The molecule has 1 saturated heterocycles. The van der Waals surface area contributed by atoms with Crippen LogP contribution in [-0.2, 0) is 4.74 Å². The van der Waals surface area contributed by atoms with Crippen LogP contribution < -0.4 is 10.4 Å². The first-order valence-electron chi connectivity index (χ1n) is 7.13. The van der Waals surface area contributed by atoms with Gasteiger partial charge in [-0.2, -0.15) is 0 Å². The molecule has 0 aromatic heterocycles. The SMILES string of the molecule is c1ccc([SiH](c2ccccc2)C2CCCOC2)cc1. The lowest BCUT2D eigenvalue weighted by atomic mass is 10.2. The van der Waals surface area contributed by atoms with Gasteiger partial charge in [0.1, 0.15) is 8.80 Å². The first-order chi connectivity index (χ1) is 9.45. The van der Waals surface area contributed by atoms with Gasteiger partial charge < -0.3 is 4.74 Å². The highest BCUT2D eigenvalue weighted by Crippen LogP contribution is 2.22. The molecule has 1 nitrogen and oxygen atoms in total. The molecule has 3 rings (SSSR count). The minimum absolute atomic E-state index is 0.735. The van der Waals surface area contributed by atoms with Gasteiger partial charge in [-0.05, 0) is 18.4 Å². The summed E-state index contributed by atoms with van der Waals surface area (Å²) in [4.78, 5) is 0. The number of benzene rings is 2. The summed E-state index contributed by atoms with van der Waals surface area (Å²) in [5.41, 5.74) is 0.735. The van der Waals surface area contributed by atoms with Crippen LogP contribution in [-0.4, -0.2) is 22.0 Å². The molecule has 2 heteroatoms. The third kappa shape index (κ3) is 2.96. The molecule has 0 saturated carbocycles. The van der Waals surface area contributed by atoms with E-state index < -0.39 is 8.80 Å². The Labute approximate surface area is 116 Å². The van der Waals surface area contributed by atoms with Gasteiger partial charge >= 0.3 is 0 Å². The van der Waals surface area contributed by atoms with E-state index in [4.69, 9.17) is 4.74 Å². The topological polar surface area (TPSA) is 9.23 Å². The first-order valence-corrected chi connectivity index (χ1v) is 8.95. The molecule has 0 aliphatic carbocycles. The van der Waals surface area contributed by atoms with E-state index in [0.29, 0.717) is 0 Å². The summed E-state index contributed by atoms with van der Waals surface area (Å²) in [6.07, 6.45) is 2.54. The lowest BCUT2D eigenvalue weighted by molar-refractivity contribution is 0.0965. The van der Waals surface area contributed by atoms with Crippen molar-refractivity contribution in [3.8, 4) is 0 Å². The van der Waals surface area contributed by atoms with Crippen LogP contribution in [0.3, 0.4) is 0 Å². The molecule has 2 aromatic rings. The average Bonchev–Trinajstić information content (AvgIpc) is 2.51. The summed E-state index contributed by atoms with van der Waals surface area (Å²) >= 11 is 0. The smallest absolute Gasteiger partial charge is 0.108 e. The van der Waals surface area contributed by atoms with E-state index in [-0.39, 0.29) is 0 Å². The van der Waals surface area contributed by atoms with Crippen LogP contribution >= 0.6 is 0 Å². The van der Waals surface area contributed by atoms with Crippen LogP contribution in [0.25, 0.3) is 0 Å². The molecule has 1 atom stereocenters. The second-order valence-electron chi connectivity index (χ2n) is 5.28. The quantitative estimate of drug-likeness (QED) is 0.776. The molecule has 0 radical (unpaired) electrons. The number of ether oxygens (including phenoxy) is 1. The van der Waals surface area contributed by atoms with Crippen LogP contribution in [0.5, 0.6) is 0 Å². The van der Waals surface area contributed by atoms with Crippen molar-refractivity contribution in [1.29, 1.82) is 0 Å². The molecule has 1 fully saturated rings. The molecular formula is C17H20OSi. The zero-order chi connectivity index (χ0) is 12.9. The Hall–Kier alpha value is -1.38. The summed E-state index contributed by atoms with van der Waals surface area (Å²) in [5, 5.41) is 3.09. The van der Waals surface area contributed by atoms with Crippen LogP contribution in [0, 0.1) is 0 Å². The maximum Gasteiger partial charge on any atom is 0.108 e. The predicted octanol–water partition coefficient (Wildman–Crippen LogP) is 2.21. The molecule has 98 valence electrons. The Morgan fingerprint density at radius 1 is 0.842 bits per heavy atom. The van der Waals surface area contributed by atoms with E-state index in [2.05, 4.69) is 60.7 Å². The molecule has 0 amide bonds. The van der Waals surface area contributed by atoms with E-state index in [1.165, 1.54) is 12.8 Å². The van der Waals surface area contributed by atoms with Gasteiger partial charge in [-0.1, -0.05) is 71.0 Å². The summed E-state index contributed by atoms with van der Waals surface area (Å²) in [6.45, 7) is 1.89. The highest BCUT2D eigenvalue weighted by molar-refractivity contribution is 6.86. The fourth-order valence-corrected chi connectivity index (χ4v) is 6.73. The molecule has 1 aliphatic rings. The predicted molar refractivity (Wildman–Crippen MR) is 83.1 cm³/mol. The summed E-state index contributed by atoms with van der Waals surface area (Å²) < 4.78 is 5.74. The minimum Gasteiger partial charge on any atom is -0.381 e. The fourth-order valence-electron chi connectivity index (χ4n) is 3.09. The monoisotopic (exact) mass is 268 g/mol. The number of hydrogen-bond donors (Lipinski definition) is 0. The third-order valence-electron chi connectivity index (χ3n) is 3.98. The lowest BCUT2D eigenvalue weighted by Gasteiger charge is -2.30. The van der Waals surface area contributed by atoms with Gasteiger partial charge in [-0.25, -0.2) is 0 Å². The first kappa shape index (κ1) is 12.6. The summed E-state index contributed by atoms with van der Waals surface area (Å²) in [6, 6.07) is 22.1. The Morgan fingerprint density at radius 2 is 1.42 bits per heavy atom. The molecule has 0 bridgehead atoms. The van der Waals surface area contributed by atoms with Gasteiger partial charge in [-0.3, -0.25) is 0 Å². The van der Waals surface area contributed by atoms with Crippen LogP contribution in [0.15, 0.2) is 60.7 Å². The molecule has 1 unspecified atom stereocenters. The van der Waals surface area contributed by atoms with Crippen molar-refractivity contribution in [2.45, 2.75) is 18.4 Å². The van der Waals surface area contributed by atoms with E-state index in [1.807, 2.05) is 0 Å². The molecule has 19 heavy (non-hydrogen) atoms.